The zero-order valence-corrected chi connectivity index (χ0v) is 18.1. The van der Waals surface area contributed by atoms with Crippen molar-refractivity contribution in [1.82, 2.24) is 4.98 Å². The number of carbonyl (C=O) groups is 1. The van der Waals surface area contributed by atoms with Crippen LogP contribution >= 0.6 is 11.3 Å². The number of hydrogen-bond acceptors (Lipinski definition) is 5. The van der Waals surface area contributed by atoms with Gasteiger partial charge in [0.15, 0.2) is 0 Å². The fraction of sp³-hybridized carbons (Fsp3) is 0.200. The molecule has 2 heterocycles. The van der Waals surface area contributed by atoms with Crippen molar-refractivity contribution in [2.45, 2.75) is 25.7 Å². The monoisotopic (exact) mass is 429 g/mol. The molecule has 0 aliphatic heterocycles. The molecular formula is C25H23N3O2S. The molecule has 2 N–H and O–H groups in total. The Labute approximate surface area is 185 Å². The normalized spacial score (nSPS) is 12.9. The topological polar surface area (TPSA) is 63.2 Å². The van der Waals surface area contributed by atoms with Gasteiger partial charge in [-0.25, -0.2) is 0 Å². The molecule has 1 aliphatic rings. The molecule has 2 aromatic heterocycles. The largest absolute Gasteiger partial charge is 0.495 e. The summed E-state index contributed by atoms with van der Waals surface area (Å²) in [7, 11) is 1.68. The molecule has 156 valence electrons. The Balaban J connectivity index is 1.61. The summed E-state index contributed by atoms with van der Waals surface area (Å²) in [5, 5.41) is 9.55. The third-order valence-corrected chi connectivity index (χ3v) is 6.50. The van der Waals surface area contributed by atoms with Crippen molar-refractivity contribution in [2.75, 3.05) is 17.7 Å². The molecule has 0 spiro atoms. The second-order valence-corrected chi connectivity index (χ2v) is 8.56. The summed E-state index contributed by atoms with van der Waals surface area (Å²) in [5.74, 6) is 0.693. The molecule has 2 aromatic carbocycles. The second kappa shape index (κ2) is 8.40. The lowest BCUT2D eigenvalue weighted by atomic mass is 9.92. The van der Waals surface area contributed by atoms with Crippen molar-refractivity contribution in [3.63, 3.8) is 0 Å². The second-order valence-electron chi connectivity index (χ2n) is 7.61. The SMILES string of the molecule is COc1ccccc1Nc1c2c(nc3ccc(NC(=O)c4cccs4)cc13)CCCC2. The van der Waals surface area contributed by atoms with Gasteiger partial charge in [-0.05, 0) is 73.0 Å². The summed E-state index contributed by atoms with van der Waals surface area (Å²) in [6, 6.07) is 17.5. The van der Waals surface area contributed by atoms with Gasteiger partial charge in [-0.15, -0.1) is 11.3 Å². The first kappa shape index (κ1) is 19.6. The summed E-state index contributed by atoms with van der Waals surface area (Å²) in [4.78, 5) is 18.2. The van der Waals surface area contributed by atoms with Crippen molar-refractivity contribution in [1.29, 1.82) is 0 Å². The standard InChI is InChI=1S/C25H23N3O2S/c1-30-22-10-5-4-9-21(22)28-24-17-7-2-3-8-19(17)27-20-13-12-16(15-18(20)24)26-25(29)23-11-6-14-31-23/h4-6,9-15H,2-3,7-8H2,1H3,(H,26,29)(H,27,28). The molecule has 0 saturated heterocycles. The van der Waals surface area contributed by atoms with Crippen LogP contribution in [0.1, 0.15) is 33.8 Å². The van der Waals surface area contributed by atoms with E-state index in [-0.39, 0.29) is 5.91 Å². The third kappa shape index (κ3) is 3.86. The van der Waals surface area contributed by atoms with Crippen LogP contribution in [0.15, 0.2) is 60.0 Å². The number of aromatic nitrogens is 1. The number of methoxy groups -OCH3 is 1. The first-order valence-electron chi connectivity index (χ1n) is 10.4. The van der Waals surface area contributed by atoms with Crippen LogP contribution in [0.4, 0.5) is 17.1 Å². The van der Waals surface area contributed by atoms with Crippen molar-refractivity contribution < 1.29 is 9.53 Å². The number of aryl methyl sites for hydroxylation is 1. The van der Waals surface area contributed by atoms with Gasteiger partial charge >= 0.3 is 0 Å². The van der Waals surface area contributed by atoms with E-state index in [0.29, 0.717) is 4.88 Å². The number of amides is 1. The number of nitrogens with one attached hydrogen (secondary N) is 2. The van der Waals surface area contributed by atoms with Gasteiger partial charge in [0.1, 0.15) is 5.75 Å². The summed E-state index contributed by atoms with van der Waals surface area (Å²) in [6.07, 6.45) is 4.29. The fourth-order valence-corrected chi connectivity index (χ4v) is 4.75. The Morgan fingerprint density at radius 3 is 2.77 bits per heavy atom. The van der Waals surface area contributed by atoms with E-state index in [1.165, 1.54) is 16.9 Å². The zero-order chi connectivity index (χ0) is 21.2. The lowest BCUT2D eigenvalue weighted by Gasteiger charge is -2.23. The van der Waals surface area contributed by atoms with Crippen molar-refractivity contribution in [2.24, 2.45) is 0 Å². The average molecular weight is 430 g/mol. The Morgan fingerprint density at radius 1 is 1.06 bits per heavy atom. The predicted molar refractivity (Wildman–Crippen MR) is 127 cm³/mol. The molecule has 1 aliphatic carbocycles. The molecule has 0 bridgehead atoms. The summed E-state index contributed by atoms with van der Waals surface area (Å²) in [5.41, 5.74) is 6.06. The summed E-state index contributed by atoms with van der Waals surface area (Å²) < 4.78 is 5.56. The number of anilines is 3. The maximum Gasteiger partial charge on any atom is 0.265 e. The maximum atomic E-state index is 12.6. The van der Waals surface area contributed by atoms with Crippen LogP contribution in [0.5, 0.6) is 5.75 Å². The van der Waals surface area contributed by atoms with E-state index < -0.39 is 0 Å². The van der Waals surface area contributed by atoms with Gasteiger partial charge in [0.05, 0.1) is 28.9 Å². The molecule has 0 atom stereocenters. The average Bonchev–Trinajstić information content (AvgIpc) is 3.35. The Morgan fingerprint density at radius 2 is 1.94 bits per heavy atom. The van der Waals surface area contributed by atoms with Crippen LogP contribution in [0, 0.1) is 0 Å². The van der Waals surface area contributed by atoms with Crippen molar-refractivity contribution in [3.8, 4) is 5.75 Å². The van der Waals surface area contributed by atoms with Crippen molar-refractivity contribution >= 4 is 45.2 Å². The van der Waals surface area contributed by atoms with Crippen LogP contribution in [-0.2, 0) is 12.8 Å². The number of hydrogen-bond donors (Lipinski definition) is 2. The lowest BCUT2D eigenvalue weighted by molar-refractivity contribution is 0.103. The lowest BCUT2D eigenvalue weighted by Crippen LogP contribution is -2.12. The Kier molecular flexibility index (Phi) is 5.30. The van der Waals surface area contributed by atoms with Crippen LogP contribution in [0.25, 0.3) is 10.9 Å². The van der Waals surface area contributed by atoms with Crippen LogP contribution in [0.2, 0.25) is 0 Å². The van der Waals surface area contributed by atoms with Gasteiger partial charge in [0, 0.05) is 16.8 Å². The molecule has 4 aromatic rings. The highest BCUT2D eigenvalue weighted by Crippen LogP contribution is 2.38. The smallest absolute Gasteiger partial charge is 0.265 e. The van der Waals surface area contributed by atoms with E-state index in [1.807, 2.05) is 60.0 Å². The molecule has 0 fully saturated rings. The summed E-state index contributed by atoms with van der Waals surface area (Å²) >= 11 is 1.43. The van der Waals surface area contributed by atoms with Gasteiger partial charge in [-0.1, -0.05) is 18.2 Å². The number of pyridine rings is 1. The Hall–Kier alpha value is -3.38. The fourth-order valence-electron chi connectivity index (χ4n) is 4.13. The van der Waals surface area contributed by atoms with E-state index >= 15 is 0 Å². The molecular weight excluding hydrogens is 406 g/mol. The van der Waals surface area contributed by atoms with Crippen molar-refractivity contribution in [3.05, 3.63) is 76.1 Å². The van der Waals surface area contributed by atoms with Crippen LogP contribution < -0.4 is 15.4 Å². The minimum atomic E-state index is -0.0977. The van der Waals surface area contributed by atoms with E-state index in [9.17, 15) is 4.79 Å². The first-order valence-corrected chi connectivity index (χ1v) is 11.3. The molecule has 0 unspecified atom stereocenters. The van der Waals surface area contributed by atoms with Gasteiger partial charge in [-0.3, -0.25) is 9.78 Å². The quantitative estimate of drug-likeness (QED) is 0.398. The molecule has 0 radical (unpaired) electrons. The summed E-state index contributed by atoms with van der Waals surface area (Å²) in [6.45, 7) is 0. The van der Waals surface area contributed by atoms with E-state index in [1.54, 1.807) is 7.11 Å². The first-order chi connectivity index (χ1) is 15.2. The minimum absolute atomic E-state index is 0.0977. The van der Waals surface area contributed by atoms with E-state index in [2.05, 4.69) is 10.6 Å². The molecule has 0 saturated carbocycles. The van der Waals surface area contributed by atoms with Gasteiger partial charge in [0.25, 0.3) is 5.91 Å². The number of rotatable bonds is 5. The number of benzene rings is 2. The number of carbonyl (C=O) groups excluding carboxylic acids is 1. The zero-order valence-electron chi connectivity index (χ0n) is 17.3. The minimum Gasteiger partial charge on any atom is -0.495 e. The van der Waals surface area contributed by atoms with E-state index in [0.717, 1.165) is 65.1 Å². The molecule has 31 heavy (non-hydrogen) atoms. The highest BCUT2D eigenvalue weighted by atomic mass is 32.1. The molecule has 5 rings (SSSR count). The number of thiophene rings is 1. The van der Waals surface area contributed by atoms with E-state index in [4.69, 9.17) is 9.72 Å². The molecule has 1 amide bonds. The van der Waals surface area contributed by atoms with Gasteiger partial charge < -0.3 is 15.4 Å². The predicted octanol–water partition coefficient (Wildman–Crippen LogP) is 6.18. The number of para-hydroxylation sites is 2. The van der Waals surface area contributed by atoms with Crippen LogP contribution in [-0.4, -0.2) is 18.0 Å². The van der Waals surface area contributed by atoms with Gasteiger partial charge in [-0.2, -0.15) is 0 Å². The number of ether oxygens (including phenoxy) is 1. The highest BCUT2D eigenvalue weighted by Gasteiger charge is 2.20. The molecule has 5 nitrogen and oxygen atoms in total. The third-order valence-electron chi connectivity index (χ3n) is 5.63. The maximum absolute atomic E-state index is 12.6. The van der Waals surface area contributed by atoms with Gasteiger partial charge in [0.2, 0.25) is 0 Å². The van der Waals surface area contributed by atoms with Crippen LogP contribution in [0.3, 0.4) is 0 Å². The molecule has 6 heteroatoms. The Bertz CT molecular complexity index is 1250. The number of fused-ring (bicyclic) bond motifs is 2. The highest BCUT2D eigenvalue weighted by molar-refractivity contribution is 7.12. The number of nitrogens with zero attached hydrogens (tertiary/aromatic N) is 1.